The van der Waals surface area contributed by atoms with E-state index in [4.69, 9.17) is 5.73 Å². The van der Waals surface area contributed by atoms with Crippen LogP contribution in [0.1, 0.15) is 21.5 Å². The third-order valence-corrected chi connectivity index (χ3v) is 3.73. The highest BCUT2D eigenvalue weighted by atomic mass is 79.9. The van der Waals surface area contributed by atoms with Crippen LogP contribution in [0.2, 0.25) is 0 Å². The van der Waals surface area contributed by atoms with Crippen LogP contribution in [0.25, 0.3) is 0 Å². The van der Waals surface area contributed by atoms with Crippen molar-refractivity contribution in [1.82, 2.24) is 5.32 Å². The van der Waals surface area contributed by atoms with E-state index in [1.807, 2.05) is 31.2 Å². The number of hydrogen-bond donors (Lipinski definition) is 2. The molecule has 0 aliphatic rings. The van der Waals surface area contributed by atoms with E-state index >= 15 is 0 Å². The van der Waals surface area contributed by atoms with Gasteiger partial charge in [-0.2, -0.15) is 0 Å². The molecule has 4 heteroatoms. The Balaban J connectivity index is 2.05. The Hall–Kier alpha value is -1.81. The first-order valence-electron chi connectivity index (χ1n) is 5.95. The molecule has 2 aromatic carbocycles. The highest BCUT2D eigenvalue weighted by molar-refractivity contribution is 9.10. The third kappa shape index (κ3) is 3.35. The van der Waals surface area contributed by atoms with Gasteiger partial charge in [0.15, 0.2) is 0 Å². The van der Waals surface area contributed by atoms with E-state index in [-0.39, 0.29) is 5.91 Å². The number of aryl methyl sites for hydroxylation is 1. The lowest BCUT2D eigenvalue weighted by Gasteiger charge is -2.08. The van der Waals surface area contributed by atoms with Gasteiger partial charge in [-0.05, 0) is 40.5 Å². The first kappa shape index (κ1) is 13.6. The minimum absolute atomic E-state index is 0.139. The van der Waals surface area contributed by atoms with Crippen LogP contribution in [0.5, 0.6) is 0 Å². The number of halogens is 1. The standard InChI is InChI=1S/C15H15BrN2O/c1-10-5-7-11(8-6-10)9-18-15(19)12-3-2-4-13(17)14(12)16/h2-8H,9,17H2,1H3,(H,18,19). The molecule has 0 aromatic heterocycles. The molecule has 0 aliphatic heterocycles. The molecule has 0 saturated heterocycles. The van der Waals surface area contributed by atoms with Crippen molar-refractivity contribution in [2.24, 2.45) is 0 Å². The van der Waals surface area contributed by atoms with Gasteiger partial charge in [0.05, 0.1) is 10.0 Å². The Morgan fingerprint density at radius 3 is 2.58 bits per heavy atom. The van der Waals surface area contributed by atoms with Gasteiger partial charge < -0.3 is 11.1 Å². The lowest BCUT2D eigenvalue weighted by molar-refractivity contribution is 0.0950. The Kier molecular flexibility index (Phi) is 4.22. The normalized spacial score (nSPS) is 10.2. The average molecular weight is 319 g/mol. The number of rotatable bonds is 3. The quantitative estimate of drug-likeness (QED) is 0.853. The molecular formula is C15H15BrN2O. The Bertz CT molecular complexity index is 594. The fraction of sp³-hybridized carbons (Fsp3) is 0.133. The number of amides is 1. The van der Waals surface area contributed by atoms with Crippen LogP contribution in [0.4, 0.5) is 5.69 Å². The third-order valence-electron chi connectivity index (χ3n) is 2.85. The minimum atomic E-state index is -0.139. The number of carbonyl (C=O) groups is 1. The van der Waals surface area contributed by atoms with Crippen LogP contribution in [0.3, 0.4) is 0 Å². The number of nitrogens with two attached hydrogens (primary N) is 1. The van der Waals surface area contributed by atoms with E-state index in [9.17, 15) is 4.79 Å². The van der Waals surface area contributed by atoms with Gasteiger partial charge in [-0.15, -0.1) is 0 Å². The first-order chi connectivity index (χ1) is 9.08. The highest BCUT2D eigenvalue weighted by Gasteiger charge is 2.11. The minimum Gasteiger partial charge on any atom is -0.398 e. The van der Waals surface area contributed by atoms with Crippen molar-refractivity contribution < 1.29 is 4.79 Å². The van der Waals surface area contributed by atoms with Gasteiger partial charge in [0.25, 0.3) is 5.91 Å². The molecule has 0 saturated carbocycles. The topological polar surface area (TPSA) is 55.1 Å². The second-order valence-electron chi connectivity index (χ2n) is 4.38. The van der Waals surface area contributed by atoms with Crippen LogP contribution in [-0.4, -0.2) is 5.91 Å². The summed E-state index contributed by atoms with van der Waals surface area (Å²) in [5, 5.41) is 2.88. The van der Waals surface area contributed by atoms with E-state index in [2.05, 4.69) is 21.2 Å². The molecular weight excluding hydrogens is 304 g/mol. The molecule has 0 unspecified atom stereocenters. The number of benzene rings is 2. The largest absolute Gasteiger partial charge is 0.398 e. The second-order valence-corrected chi connectivity index (χ2v) is 5.17. The fourth-order valence-electron chi connectivity index (χ4n) is 1.71. The SMILES string of the molecule is Cc1ccc(CNC(=O)c2cccc(N)c2Br)cc1. The Labute approximate surface area is 121 Å². The Morgan fingerprint density at radius 1 is 1.21 bits per heavy atom. The van der Waals surface area contributed by atoms with Crippen molar-refractivity contribution in [3.8, 4) is 0 Å². The molecule has 3 nitrogen and oxygen atoms in total. The van der Waals surface area contributed by atoms with Gasteiger partial charge in [-0.1, -0.05) is 35.9 Å². The van der Waals surface area contributed by atoms with Gasteiger partial charge in [0.2, 0.25) is 0 Å². The van der Waals surface area contributed by atoms with Crippen molar-refractivity contribution in [2.75, 3.05) is 5.73 Å². The molecule has 2 rings (SSSR count). The summed E-state index contributed by atoms with van der Waals surface area (Å²) >= 11 is 3.33. The van der Waals surface area contributed by atoms with E-state index in [0.29, 0.717) is 22.3 Å². The van der Waals surface area contributed by atoms with Crippen molar-refractivity contribution in [2.45, 2.75) is 13.5 Å². The van der Waals surface area contributed by atoms with E-state index in [1.165, 1.54) is 5.56 Å². The van der Waals surface area contributed by atoms with Crippen LogP contribution in [0.15, 0.2) is 46.9 Å². The summed E-state index contributed by atoms with van der Waals surface area (Å²) < 4.78 is 0.636. The molecule has 98 valence electrons. The maximum absolute atomic E-state index is 12.1. The number of nitrogen functional groups attached to an aromatic ring is 1. The summed E-state index contributed by atoms with van der Waals surface area (Å²) in [4.78, 5) is 12.1. The number of hydrogen-bond acceptors (Lipinski definition) is 2. The van der Waals surface area contributed by atoms with Crippen LogP contribution < -0.4 is 11.1 Å². The number of carbonyl (C=O) groups excluding carboxylic acids is 1. The zero-order chi connectivity index (χ0) is 13.8. The summed E-state index contributed by atoms with van der Waals surface area (Å²) in [5.41, 5.74) is 9.13. The number of anilines is 1. The second kappa shape index (κ2) is 5.89. The summed E-state index contributed by atoms with van der Waals surface area (Å²) in [7, 11) is 0. The molecule has 0 bridgehead atoms. The average Bonchev–Trinajstić information content (AvgIpc) is 2.41. The van der Waals surface area contributed by atoms with Gasteiger partial charge in [0, 0.05) is 12.2 Å². The smallest absolute Gasteiger partial charge is 0.252 e. The van der Waals surface area contributed by atoms with Crippen LogP contribution in [-0.2, 0) is 6.54 Å². The van der Waals surface area contributed by atoms with Crippen LogP contribution in [0, 0.1) is 6.92 Å². The highest BCUT2D eigenvalue weighted by Crippen LogP contribution is 2.23. The molecule has 19 heavy (non-hydrogen) atoms. The summed E-state index contributed by atoms with van der Waals surface area (Å²) in [5.74, 6) is -0.139. The molecule has 3 N–H and O–H groups in total. The van der Waals surface area contributed by atoms with Crippen molar-refractivity contribution in [3.63, 3.8) is 0 Å². The predicted molar refractivity (Wildman–Crippen MR) is 80.9 cm³/mol. The summed E-state index contributed by atoms with van der Waals surface area (Å²) in [6.07, 6.45) is 0. The van der Waals surface area contributed by atoms with Gasteiger partial charge >= 0.3 is 0 Å². The Morgan fingerprint density at radius 2 is 1.89 bits per heavy atom. The van der Waals surface area contributed by atoms with E-state index in [1.54, 1.807) is 18.2 Å². The van der Waals surface area contributed by atoms with Crippen LogP contribution >= 0.6 is 15.9 Å². The lowest BCUT2D eigenvalue weighted by atomic mass is 10.1. The van der Waals surface area contributed by atoms with Gasteiger partial charge in [-0.25, -0.2) is 0 Å². The van der Waals surface area contributed by atoms with Gasteiger partial charge in [0.1, 0.15) is 0 Å². The summed E-state index contributed by atoms with van der Waals surface area (Å²) in [6, 6.07) is 13.3. The van der Waals surface area contributed by atoms with Crippen molar-refractivity contribution in [3.05, 3.63) is 63.6 Å². The summed E-state index contributed by atoms with van der Waals surface area (Å²) in [6.45, 7) is 2.53. The molecule has 0 radical (unpaired) electrons. The number of nitrogens with one attached hydrogen (secondary N) is 1. The maximum atomic E-state index is 12.1. The molecule has 1 amide bonds. The zero-order valence-electron chi connectivity index (χ0n) is 10.6. The molecule has 0 atom stereocenters. The van der Waals surface area contributed by atoms with E-state index in [0.717, 1.165) is 5.56 Å². The van der Waals surface area contributed by atoms with Crippen molar-refractivity contribution in [1.29, 1.82) is 0 Å². The molecule has 2 aromatic rings. The molecule has 0 aliphatic carbocycles. The molecule has 0 heterocycles. The van der Waals surface area contributed by atoms with Gasteiger partial charge in [-0.3, -0.25) is 4.79 Å². The lowest BCUT2D eigenvalue weighted by Crippen LogP contribution is -2.23. The van der Waals surface area contributed by atoms with Crippen molar-refractivity contribution >= 4 is 27.5 Å². The monoisotopic (exact) mass is 318 g/mol. The first-order valence-corrected chi connectivity index (χ1v) is 6.75. The fourth-order valence-corrected chi connectivity index (χ4v) is 2.15. The molecule has 0 fully saturated rings. The maximum Gasteiger partial charge on any atom is 0.252 e. The molecule has 0 spiro atoms. The predicted octanol–water partition coefficient (Wildman–Crippen LogP) is 3.27. The zero-order valence-corrected chi connectivity index (χ0v) is 12.2. The van der Waals surface area contributed by atoms with E-state index < -0.39 is 0 Å².